The van der Waals surface area contributed by atoms with Crippen molar-refractivity contribution in [2.45, 2.75) is 13.3 Å². The third-order valence-corrected chi connectivity index (χ3v) is 4.14. The van der Waals surface area contributed by atoms with Crippen LogP contribution in [0.4, 0.5) is 0 Å². The molecule has 0 radical (unpaired) electrons. The fourth-order valence-electron chi connectivity index (χ4n) is 2.87. The molecule has 3 aromatic rings. The molecule has 26 heavy (non-hydrogen) atoms. The smallest absolute Gasteiger partial charge is 0.335 e. The summed E-state index contributed by atoms with van der Waals surface area (Å²) in [6.45, 7) is 8.96. The van der Waals surface area contributed by atoms with Crippen LogP contribution in [0.3, 0.4) is 0 Å². The van der Waals surface area contributed by atoms with Crippen molar-refractivity contribution in [1.82, 2.24) is 0 Å². The quantitative estimate of drug-likeness (QED) is 0.290. The standard InChI is InChI=1S/C22H18O4/c1-4-14-11-12-17-18(13-14)22(26-20(24)6-3)16-10-8-7-9-15(16)21(17)25-19(23)5-2/h5-13H,2-4H2,1H3. The number of esters is 2. The van der Waals surface area contributed by atoms with Gasteiger partial charge in [-0.15, -0.1) is 0 Å². The highest BCUT2D eigenvalue weighted by atomic mass is 16.5. The van der Waals surface area contributed by atoms with Crippen LogP contribution in [0.25, 0.3) is 21.5 Å². The maximum absolute atomic E-state index is 11.9. The summed E-state index contributed by atoms with van der Waals surface area (Å²) in [6.07, 6.45) is 3.06. The van der Waals surface area contributed by atoms with Crippen LogP contribution in [0.5, 0.6) is 11.5 Å². The Morgan fingerprint density at radius 3 is 1.85 bits per heavy atom. The van der Waals surface area contributed by atoms with Crippen molar-refractivity contribution in [3.05, 3.63) is 73.3 Å². The Morgan fingerprint density at radius 2 is 1.35 bits per heavy atom. The lowest BCUT2D eigenvalue weighted by Crippen LogP contribution is -2.07. The Morgan fingerprint density at radius 1 is 0.846 bits per heavy atom. The molecule has 3 rings (SSSR count). The van der Waals surface area contributed by atoms with Gasteiger partial charge in [0.25, 0.3) is 0 Å². The number of aryl methyl sites for hydroxylation is 1. The van der Waals surface area contributed by atoms with Crippen molar-refractivity contribution in [3.8, 4) is 11.5 Å². The number of carbonyl (C=O) groups is 2. The summed E-state index contributed by atoms with van der Waals surface area (Å²) in [4.78, 5) is 23.8. The molecular formula is C22H18O4. The summed E-state index contributed by atoms with van der Waals surface area (Å²) in [6, 6.07) is 13.1. The number of carbonyl (C=O) groups excluding carboxylic acids is 2. The van der Waals surface area contributed by atoms with Crippen LogP contribution in [0.2, 0.25) is 0 Å². The highest BCUT2D eigenvalue weighted by molar-refractivity contribution is 6.13. The van der Waals surface area contributed by atoms with Gasteiger partial charge >= 0.3 is 11.9 Å². The lowest BCUT2D eigenvalue weighted by atomic mass is 9.98. The second-order valence-electron chi connectivity index (χ2n) is 5.69. The van der Waals surface area contributed by atoms with Gasteiger partial charge in [0, 0.05) is 33.7 Å². The van der Waals surface area contributed by atoms with E-state index in [1.807, 2.05) is 49.4 Å². The monoisotopic (exact) mass is 346 g/mol. The number of hydrogen-bond donors (Lipinski definition) is 0. The minimum Gasteiger partial charge on any atom is -0.422 e. The molecule has 0 amide bonds. The number of rotatable bonds is 5. The van der Waals surface area contributed by atoms with Gasteiger partial charge in [-0.25, -0.2) is 9.59 Å². The third-order valence-electron chi connectivity index (χ3n) is 4.14. The van der Waals surface area contributed by atoms with Crippen LogP contribution in [0.15, 0.2) is 67.8 Å². The molecule has 0 atom stereocenters. The first-order chi connectivity index (χ1) is 12.6. The van der Waals surface area contributed by atoms with Gasteiger partial charge in [-0.05, 0) is 18.1 Å². The van der Waals surface area contributed by atoms with Crippen molar-refractivity contribution in [2.75, 3.05) is 0 Å². The zero-order valence-corrected chi connectivity index (χ0v) is 14.5. The number of hydrogen-bond acceptors (Lipinski definition) is 4. The van der Waals surface area contributed by atoms with E-state index in [4.69, 9.17) is 9.47 Å². The number of benzene rings is 3. The van der Waals surface area contributed by atoms with Gasteiger partial charge in [-0.3, -0.25) is 0 Å². The SMILES string of the molecule is C=CC(=O)Oc1c2ccccc2c(OC(=O)C=C)c2cc(CC)ccc12. The highest BCUT2D eigenvalue weighted by Crippen LogP contribution is 2.43. The molecule has 0 saturated carbocycles. The molecule has 0 aliphatic carbocycles. The molecule has 0 aliphatic rings. The molecule has 0 unspecified atom stereocenters. The fraction of sp³-hybridized carbons (Fsp3) is 0.0909. The van der Waals surface area contributed by atoms with Crippen molar-refractivity contribution in [3.63, 3.8) is 0 Å². The van der Waals surface area contributed by atoms with E-state index in [2.05, 4.69) is 13.2 Å². The third kappa shape index (κ3) is 3.09. The van der Waals surface area contributed by atoms with Gasteiger partial charge in [0.2, 0.25) is 0 Å². The van der Waals surface area contributed by atoms with E-state index < -0.39 is 11.9 Å². The maximum Gasteiger partial charge on any atom is 0.335 e. The van der Waals surface area contributed by atoms with Crippen LogP contribution in [0.1, 0.15) is 12.5 Å². The molecule has 0 N–H and O–H groups in total. The molecule has 0 aromatic heterocycles. The first-order valence-corrected chi connectivity index (χ1v) is 8.24. The molecule has 4 nitrogen and oxygen atoms in total. The molecule has 3 aromatic carbocycles. The van der Waals surface area contributed by atoms with Gasteiger partial charge in [-0.1, -0.05) is 56.5 Å². The van der Waals surface area contributed by atoms with Gasteiger partial charge in [0.15, 0.2) is 0 Å². The average Bonchev–Trinajstić information content (AvgIpc) is 2.69. The summed E-state index contributed by atoms with van der Waals surface area (Å²) >= 11 is 0. The average molecular weight is 346 g/mol. The van der Waals surface area contributed by atoms with Crippen molar-refractivity contribution >= 4 is 33.5 Å². The minimum absolute atomic E-state index is 0.418. The van der Waals surface area contributed by atoms with E-state index in [0.29, 0.717) is 33.0 Å². The molecule has 0 bridgehead atoms. The molecule has 4 heteroatoms. The minimum atomic E-state index is -0.549. The van der Waals surface area contributed by atoms with Gasteiger partial charge in [0.1, 0.15) is 11.5 Å². The largest absolute Gasteiger partial charge is 0.422 e. The van der Waals surface area contributed by atoms with E-state index in [1.54, 1.807) is 0 Å². The summed E-state index contributed by atoms with van der Waals surface area (Å²) in [5.74, 6) is -0.253. The van der Waals surface area contributed by atoms with Crippen LogP contribution < -0.4 is 9.47 Å². The molecular weight excluding hydrogens is 328 g/mol. The summed E-state index contributed by atoms with van der Waals surface area (Å²) in [5, 5.41) is 2.73. The van der Waals surface area contributed by atoms with Gasteiger partial charge in [-0.2, -0.15) is 0 Å². The molecule has 0 fully saturated rings. The van der Waals surface area contributed by atoms with Crippen LogP contribution >= 0.6 is 0 Å². The van der Waals surface area contributed by atoms with E-state index in [0.717, 1.165) is 24.1 Å². The summed E-state index contributed by atoms with van der Waals surface area (Å²) in [7, 11) is 0. The predicted molar refractivity (Wildman–Crippen MR) is 102 cm³/mol. The second kappa shape index (κ2) is 7.23. The first-order valence-electron chi connectivity index (χ1n) is 8.24. The second-order valence-corrected chi connectivity index (χ2v) is 5.69. The highest BCUT2D eigenvalue weighted by Gasteiger charge is 2.19. The Bertz CT molecular complexity index is 1050. The Hall–Kier alpha value is -3.40. The van der Waals surface area contributed by atoms with Crippen LogP contribution in [-0.4, -0.2) is 11.9 Å². The molecule has 0 heterocycles. The lowest BCUT2D eigenvalue weighted by Gasteiger charge is -2.16. The zero-order chi connectivity index (χ0) is 18.7. The Kier molecular flexibility index (Phi) is 4.85. The topological polar surface area (TPSA) is 52.6 Å². The van der Waals surface area contributed by atoms with E-state index in [9.17, 15) is 9.59 Å². The molecule has 0 spiro atoms. The van der Waals surface area contributed by atoms with Crippen molar-refractivity contribution in [2.24, 2.45) is 0 Å². The zero-order valence-electron chi connectivity index (χ0n) is 14.5. The summed E-state index contributed by atoms with van der Waals surface area (Å²) in [5.41, 5.74) is 1.07. The van der Waals surface area contributed by atoms with Crippen LogP contribution in [0, 0.1) is 0 Å². The normalized spacial score (nSPS) is 10.5. The molecule has 0 saturated heterocycles. The molecule has 130 valence electrons. The number of ether oxygens (including phenoxy) is 2. The number of fused-ring (bicyclic) bond motifs is 2. The van der Waals surface area contributed by atoms with Crippen molar-refractivity contribution < 1.29 is 19.1 Å². The van der Waals surface area contributed by atoms with E-state index in [1.165, 1.54) is 0 Å². The maximum atomic E-state index is 11.9. The Balaban J connectivity index is 2.43. The fourth-order valence-corrected chi connectivity index (χ4v) is 2.87. The van der Waals surface area contributed by atoms with Gasteiger partial charge < -0.3 is 9.47 Å². The molecule has 0 aliphatic heterocycles. The lowest BCUT2D eigenvalue weighted by molar-refractivity contribution is -0.129. The Labute approximate surface area is 151 Å². The van der Waals surface area contributed by atoms with E-state index in [-0.39, 0.29) is 0 Å². The first kappa shape index (κ1) is 17.4. The van der Waals surface area contributed by atoms with Crippen molar-refractivity contribution in [1.29, 1.82) is 0 Å². The van der Waals surface area contributed by atoms with Gasteiger partial charge in [0.05, 0.1) is 0 Å². The van der Waals surface area contributed by atoms with Crippen LogP contribution in [-0.2, 0) is 16.0 Å². The van der Waals surface area contributed by atoms with E-state index >= 15 is 0 Å². The summed E-state index contributed by atoms with van der Waals surface area (Å²) < 4.78 is 11.1. The predicted octanol–water partition coefficient (Wildman–Crippen LogP) is 4.74.